The van der Waals surface area contributed by atoms with Gasteiger partial charge >= 0.3 is 6.03 Å². The van der Waals surface area contributed by atoms with Crippen LogP contribution in [-0.2, 0) is 11.8 Å². The molecule has 4 aromatic rings. The van der Waals surface area contributed by atoms with Crippen molar-refractivity contribution in [1.29, 1.82) is 0 Å². The van der Waals surface area contributed by atoms with E-state index in [1.54, 1.807) is 10.1 Å². The molecule has 42 heavy (non-hydrogen) atoms. The van der Waals surface area contributed by atoms with Crippen molar-refractivity contribution in [1.82, 2.24) is 24.3 Å². The highest BCUT2D eigenvalue weighted by atomic mass is 32.1. The van der Waals surface area contributed by atoms with Crippen LogP contribution in [0, 0.1) is 12.8 Å². The van der Waals surface area contributed by atoms with Gasteiger partial charge in [-0.05, 0) is 86.3 Å². The van der Waals surface area contributed by atoms with E-state index in [2.05, 4.69) is 58.0 Å². The van der Waals surface area contributed by atoms with Crippen LogP contribution in [0.5, 0.6) is 0 Å². The van der Waals surface area contributed by atoms with E-state index in [0.717, 1.165) is 54.7 Å². The summed E-state index contributed by atoms with van der Waals surface area (Å²) < 4.78 is 5.65. The second-order valence-electron chi connectivity index (χ2n) is 12.6. The molecule has 0 aliphatic carbocycles. The van der Waals surface area contributed by atoms with E-state index in [4.69, 9.17) is 5.10 Å². The average molecular weight is 584 g/mol. The third-order valence-electron chi connectivity index (χ3n) is 8.35. The minimum atomic E-state index is -0.317. The zero-order valence-electron chi connectivity index (χ0n) is 24.5. The number of aromatic nitrogens is 4. The molecule has 0 radical (unpaired) electrons. The summed E-state index contributed by atoms with van der Waals surface area (Å²) in [5.41, 5.74) is 5.16. The van der Waals surface area contributed by atoms with Gasteiger partial charge in [-0.3, -0.25) is 10.1 Å². The Balaban J connectivity index is 1.11. The first-order chi connectivity index (χ1) is 20.1. The molecule has 0 spiro atoms. The number of hydrogen-bond acceptors (Lipinski definition) is 6. The monoisotopic (exact) mass is 583 g/mol. The second-order valence-corrected chi connectivity index (χ2v) is 13.2. The zero-order valence-corrected chi connectivity index (χ0v) is 25.3. The lowest BCUT2D eigenvalue weighted by Gasteiger charge is -2.38. The number of nitrogens with one attached hydrogen (secondary N) is 2. The third-order valence-corrected chi connectivity index (χ3v) is 8.86. The quantitative estimate of drug-likeness (QED) is 0.266. The molecule has 0 saturated carbocycles. The van der Waals surface area contributed by atoms with Crippen molar-refractivity contribution >= 4 is 35.0 Å². The van der Waals surface area contributed by atoms with Gasteiger partial charge in [0.1, 0.15) is 5.82 Å². The van der Waals surface area contributed by atoms with Crippen LogP contribution in [0.3, 0.4) is 0 Å². The maximum absolute atomic E-state index is 13.2. The van der Waals surface area contributed by atoms with Gasteiger partial charge in [-0.25, -0.2) is 9.48 Å². The maximum Gasteiger partial charge on any atom is 0.324 e. The van der Waals surface area contributed by atoms with E-state index in [-0.39, 0.29) is 29.4 Å². The Bertz CT molecular complexity index is 1560. The predicted molar refractivity (Wildman–Crippen MR) is 165 cm³/mol. The van der Waals surface area contributed by atoms with Gasteiger partial charge in [-0.1, -0.05) is 55.1 Å². The minimum absolute atomic E-state index is 0.0188. The molecule has 2 unspecified atom stereocenters. The highest BCUT2D eigenvalue weighted by molar-refractivity contribution is 7.03. The van der Waals surface area contributed by atoms with Crippen molar-refractivity contribution in [3.05, 3.63) is 82.5 Å². The van der Waals surface area contributed by atoms with Gasteiger partial charge in [0.15, 0.2) is 5.69 Å². The van der Waals surface area contributed by atoms with Crippen molar-refractivity contribution < 1.29 is 9.59 Å². The summed E-state index contributed by atoms with van der Waals surface area (Å²) in [5.74, 6) is 1.12. The molecule has 218 valence electrons. The molecule has 2 fully saturated rings. The van der Waals surface area contributed by atoms with E-state index in [0.29, 0.717) is 17.4 Å². The fourth-order valence-electron chi connectivity index (χ4n) is 6.29. The number of benzene rings is 2. The Morgan fingerprint density at radius 2 is 1.74 bits per heavy atom. The van der Waals surface area contributed by atoms with Crippen molar-refractivity contribution in [2.24, 2.45) is 5.92 Å². The summed E-state index contributed by atoms with van der Waals surface area (Å²) in [6, 6.07) is 18.3. The Labute approximate surface area is 250 Å². The van der Waals surface area contributed by atoms with Gasteiger partial charge in [0.05, 0.1) is 11.4 Å². The lowest BCUT2D eigenvalue weighted by atomic mass is 9.85. The molecule has 2 atom stereocenters. The van der Waals surface area contributed by atoms with Crippen LogP contribution in [0.15, 0.2) is 60.0 Å². The molecule has 2 aliphatic heterocycles. The van der Waals surface area contributed by atoms with Crippen LogP contribution in [0.2, 0.25) is 0 Å². The van der Waals surface area contributed by atoms with Gasteiger partial charge in [0.2, 0.25) is 0 Å². The van der Waals surface area contributed by atoms with E-state index in [1.165, 1.54) is 17.1 Å². The van der Waals surface area contributed by atoms with Crippen LogP contribution < -0.4 is 10.6 Å². The molecule has 3 amide bonds. The van der Waals surface area contributed by atoms with Crippen molar-refractivity contribution in [3.8, 4) is 5.69 Å². The van der Waals surface area contributed by atoms with Crippen LogP contribution in [0.25, 0.3) is 5.69 Å². The summed E-state index contributed by atoms with van der Waals surface area (Å²) in [4.78, 5) is 28.2. The van der Waals surface area contributed by atoms with E-state index in [9.17, 15) is 9.59 Å². The number of aryl methyl sites for hydroxylation is 1. The number of rotatable bonds is 6. The number of piperidine rings is 1. The number of hydrogen-bond donors (Lipinski definition) is 2. The second kappa shape index (κ2) is 11.3. The van der Waals surface area contributed by atoms with Crippen LogP contribution in [0.1, 0.15) is 73.8 Å². The molecule has 6 rings (SSSR count). The third kappa shape index (κ3) is 5.94. The number of fused-ring (bicyclic) bond motifs is 2. The fourth-order valence-corrected chi connectivity index (χ4v) is 6.72. The van der Waals surface area contributed by atoms with Crippen molar-refractivity contribution in [2.75, 3.05) is 10.6 Å². The summed E-state index contributed by atoms with van der Waals surface area (Å²) in [5, 5.41) is 16.6. The molecule has 2 saturated heterocycles. The molecule has 10 heteroatoms. The van der Waals surface area contributed by atoms with Crippen molar-refractivity contribution in [2.45, 2.75) is 77.3 Å². The Hall–Kier alpha value is -4.05. The van der Waals surface area contributed by atoms with Gasteiger partial charge in [-0.15, -0.1) is 5.10 Å². The highest BCUT2D eigenvalue weighted by Gasteiger charge is 2.43. The molecule has 2 bridgehead atoms. The van der Waals surface area contributed by atoms with Crippen LogP contribution in [-0.4, -0.2) is 48.3 Å². The van der Waals surface area contributed by atoms with Gasteiger partial charge in [0, 0.05) is 34.6 Å². The molecular formula is C32H37N7O2S. The topological polar surface area (TPSA) is 105 Å². The summed E-state index contributed by atoms with van der Waals surface area (Å²) >= 11 is 1.22. The lowest BCUT2D eigenvalue weighted by molar-refractivity contribution is 0.0518. The first-order valence-corrected chi connectivity index (χ1v) is 15.4. The molecule has 2 aromatic heterocycles. The lowest BCUT2D eigenvalue weighted by Crippen LogP contribution is -2.47. The first kappa shape index (κ1) is 28.1. The number of anilines is 2. The zero-order chi connectivity index (χ0) is 29.4. The fraction of sp³-hybridized carbons (Fsp3) is 0.406. The van der Waals surface area contributed by atoms with Gasteiger partial charge < -0.3 is 10.2 Å². The highest BCUT2D eigenvalue weighted by Crippen LogP contribution is 2.40. The normalized spacial score (nSPS) is 20.0. The Morgan fingerprint density at radius 3 is 2.40 bits per heavy atom. The Kier molecular flexibility index (Phi) is 7.57. The molecule has 4 heterocycles. The first-order valence-electron chi connectivity index (χ1n) is 14.6. The van der Waals surface area contributed by atoms with E-state index in [1.807, 2.05) is 49.4 Å². The summed E-state index contributed by atoms with van der Waals surface area (Å²) in [6.07, 6.45) is 4.97. The number of nitrogens with zero attached hydrogens (tertiary/aromatic N) is 5. The summed E-state index contributed by atoms with van der Waals surface area (Å²) in [7, 11) is 0. The van der Waals surface area contributed by atoms with Crippen LogP contribution >= 0.6 is 11.5 Å². The molecule has 2 aliphatic rings. The number of carbonyl (C=O) groups is 2. The van der Waals surface area contributed by atoms with Gasteiger partial charge in [-0.2, -0.15) is 5.10 Å². The SMILES string of the molecule is Cc1ccc(-n2nc(C(C)(C)C)cc2NC(=O)Nc2cccc(CC3CC4CCC(C3)N4C(=O)c3csnn3)c2)cc1. The van der Waals surface area contributed by atoms with E-state index < -0.39 is 0 Å². The molecule has 9 nitrogen and oxygen atoms in total. The van der Waals surface area contributed by atoms with Crippen LogP contribution in [0.4, 0.5) is 16.3 Å². The number of carbonyl (C=O) groups excluding carboxylic acids is 2. The van der Waals surface area contributed by atoms with Crippen molar-refractivity contribution in [3.63, 3.8) is 0 Å². The molecule has 2 N–H and O–H groups in total. The average Bonchev–Trinajstić information content (AvgIpc) is 3.68. The molecular weight excluding hydrogens is 546 g/mol. The van der Waals surface area contributed by atoms with E-state index >= 15 is 0 Å². The standard InChI is InChI=1S/C32H37N7O2S/c1-20-8-10-24(11-9-20)39-29(18-28(36-39)32(2,3)4)34-31(41)33-23-7-5-6-21(15-23)14-22-16-25-12-13-26(17-22)38(25)30(40)27-19-42-37-35-27/h5-11,15,18-19,22,25-26H,12-14,16-17H2,1-4H3,(H2,33,34,41). The smallest absolute Gasteiger partial charge is 0.324 e. The summed E-state index contributed by atoms with van der Waals surface area (Å²) in [6.45, 7) is 8.37. The largest absolute Gasteiger partial charge is 0.331 e. The number of urea groups is 1. The van der Waals surface area contributed by atoms with Gasteiger partial charge in [0.25, 0.3) is 5.91 Å². The Morgan fingerprint density at radius 1 is 1.00 bits per heavy atom. The minimum Gasteiger partial charge on any atom is -0.331 e. The maximum atomic E-state index is 13.2. The predicted octanol–water partition coefficient (Wildman–Crippen LogP) is 6.60. The molecule has 2 aromatic carbocycles. The number of amides is 3.